The molecular weight excluding hydrogens is 294 g/mol. The maximum absolute atomic E-state index is 11.9. The first-order valence-corrected chi connectivity index (χ1v) is 7.71. The van der Waals surface area contributed by atoms with E-state index in [-0.39, 0.29) is 12.5 Å². The van der Waals surface area contributed by atoms with Gasteiger partial charge in [-0.05, 0) is 36.6 Å². The quantitative estimate of drug-likeness (QED) is 0.814. The van der Waals surface area contributed by atoms with Crippen molar-refractivity contribution in [1.29, 1.82) is 0 Å². The van der Waals surface area contributed by atoms with Gasteiger partial charge in [0.05, 0.1) is 12.7 Å². The Balaban J connectivity index is 2.14. The van der Waals surface area contributed by atoms with E-state index in [9.17, 15) is 4.79 Å². The normalized spacial score (nSPS) is 10.8. The number of rotatable bonds is 7. The summed E-state index contributed by atoms with van der Waals surface area (Å²) in [6, 6.07) is 8.91. The highest BCUT2D eigenvalue weighted by molar-refractivity contribution is 5.91. The Hall–Kier alpha value is -2.27. The third-order valence-electron chi connectivity index (χ3n) is 3.52. The minimum absolute atomic E-state index is 0.00549. The topological polar surface area (TPSA) is 71.7 Å². The van der Waals surface area contributed by atoms with Crippen molar-refractivity contribution < 1.29 is 19.1 Å². The second-order valence-corrected chi connectivity index (χ2v) is 5.82. The molecule has 0 aliphatic carbocycles. The molecule has 2 N–H and O–H groups in total. The summed E-state index contributed by atoms with van der Waals surface area (Å²) in [5, 5.41) is 12.0. The molecule has 0 unspecified atom stereocenters. The molecule has 124 valence electrons. The monoisotopic (exact) mass is 317 g/mol. The zero-order valence-corrected chi connectivity index (χ0v) is 13.8. The number of nitrogens with one attached hydrogen (secondary N) is 1. The lowest BCUT2D eigenvalue weighted by Crippen LogP contribution is -2.12. The maximum Gasteiger partial charge on any atom is 0.224 e. The third-order valence-corrected chi connectivity index (χ3v) is 3.52. The molecular formula is C18H23NO4. The lowest BCUT2D eigenvalue weighted by atomic mass is 10.1. The van der Waals surface area contributed by atoms with Gasteiger partial charge in [-0.15, -0.1) is 0 Å². The molecule has 2 rings (SSSR count). The van der Waals surface area contributed by atoms with E-state index in [1.165, 1.54) is 0 Å². The van der Waals surface area contributed by atoms with Crippen molar-refractivity contribution in [3.8, 4) is 17.1 Å². The van der Waals surface area contributed by atoms with E-state index in [1.54, 1.807) is 25.3 Å². The van der Waals surface area contributed by atoms with E-state index in [2.05, 4.69) is 19.2 Å². The summed E-state index contributed by atoms with van der Waals surface area (Å²) in [5.41, 5.74) is 1.46. The van der Waals surface area contributed by atoms with E-state index < -0.39 is 0 Å². The number of ether oxygens (including phenoxy) is 1. The minimum atomic E-state index is -0.147. The number of carbonyl (C=O) groups is 1. The Labute approximate surface area is 136 Å². The van der Waals surface area contributed by atoms with Crippen LogP contribution in [0.1, 0.15) is 32.4 Å². The highest BCUT2D eigenvalue weighted by atomic mass is 16.5. The molecule has 0 saturated heterocycles. The van der Waals surface area contributed by atoms with Crippen LogP contribution in [0.5, 0.6) is 5.75 Å². The molecule has 1 aromatic carbocycles. The highest BCUT2D eigenvalue weighted by Gasteiger charge is 2.12. The summed E-state index contributed by atoms with van der Waals surface area (Å²) in [7, 11) is 1.57. The second-order valence-electron chi connectivity index (χ2n) is 5.82. The van der Waals surface area contributed by atoms with Crippen LogP contribution in [0.4, 0.5) is 5.69 Å². The fourth-order valence-corrected chi connectivity index (χ4v) is 2.22. The first-order chi connectivity index (χ1) is 11.0. The molecule has 0 bridgehead atoms. The van der Waals surface area contributed by atoms with E-state index >= 15 is 0 Å². The first kappa shape index (κ1) is 17.1. The second kappa shape index (κ2) is 7.83. The van der Waals surface area contributed by atoms with Gasteiger partial charge in [0.2, 0.25) is 5.91 Å². The first-order valence-electron chi connectivity index (χ1n) is 7.71. The molecule has 1 aromatic heterocycles. The Morgan fingerprint density at radius 1 is 1.30 bits per heavy atom. The number of amides is 1. The molecule has 0 saturated carbocycles. The molecule has 0 radical (unpaired) electrons. The van der Waals surface area contributed by atoms with Crippen LogP contribution in [0.15, 0.2) is 34.7 Å². The van der Waals surface area contributed by atoms with Gasteiger partial charge in [0.25, 0.3) is 0 Å². The molecule has 5 heteroatoms. The van der Waals surface area contributed by atoms with Gasteiger partial charge < -0.3 is 19.6 Å². The summed E-state index contributed by atoms with van der Waals surface area (Å²) in [6.45, 7) is 4.04. The van der Waals surface area contributed by atoms with Crippen LogP contribution < -0.4 is 10.1 Å². The fourth-order valence-electron chi connectivity index (χ4n) is 2.22. The van der Waals surface area contributed by atoms with E-state index in [0.29, 0.717) is 35.3 Å². The predicted octanol–water partition coefficient (Wildman–Crippen LogP) is 3.82. The lowest BCUT2D eigenvalue weighted by Gasteiger charge is -2.11. The lowest BCUT2D eigenvalue weighted by molar-refractivity contribution is -0.116. The molecule has 1 amide bonds. The zero-order valence-electron chi connectivity index (χ0n) is 13.8. The van der Waals surface area contributed by atoms with Crippen LogP contribution in [0.3, 0.4) is 0 Å². The van der Waals surface area contributed by atoms with Crippen molar-refractivity contribution >= 4 is 11.6 Å². The van der Waals surface area contributed by atoms with Gasteiger partial charge in [0, 0.05) is 18.2 Å². The van der Waals surface area contributed by atoms with Crippen LogP contribution in [0, 0.1) is 5.92 Å². The third kappa shape index (κ3) is 4.60. The number of hydrogen-bond acceptors (Lipinski definition) is 4. The highest BCUT2D eigenvalue weighted by Crippen LogP contribution is 2.33. The molecule has 0 atom stereocenters. The van der Waals surface area contributed by atoms with Gasteiger partial charge in [-0.1, -0.05) is 13.8 Å². The number of aliphatic hydroxyl groups excluding tert-OH is 1. The maximum atomic E-state index is 11.9. The number of aliphatic hydroxyl groups is 1. The molecule has 1 heterocycles. The Bertz CT molecular complexity index is 661. The average Bonchev–Trinajstić information content (AvgIpc) is 3.01. The van der Waals surface area contributed by atoms with Crippen LogP contribution in [0.2, 0.25) is 0 Å². The largest absolute Gasteiger partial charge is 0.496 e. The Kier molecular flexibility index (Phi) is 5.82. The smallest absolute Gasteiger partial charge is 0.224 e. The molecule has 0 aliphatic heterocycles. The minimum Gasteiger partial charge on any atom is -0.496 e. The van der Waals surface area contributed by atoms with Gasteiger partial charge >= 0.3 is 0 Å². The van der Waals surface area contributed by atoms with Crippen molar-refractivity contribution in [2.45, 2.75) is 33.3 Å². The number of benzene rings is 1. The van der Waals surface area contributed by atoms with Crippen molar-refractivity contribution in [3.63, 3.8) is 0 Å². The SMILES string of the molecule is COc1cc(NC(=O)CCC(C)C)ccc1-c1ccc(CO)o1. The van der Waals surface area contributed by atoms with Crippen LogP contribution in [0.25, 0.3) is 11.3 Å². The summed E-state index contributed by atoms with van der Waals surface area (Å²) in [6.07, 6.45) is 1.36. The van der Waals surface area contributed by atoms with E-state index in [4.69, 9.17) is 14.3 Å². The number of methoxy groups -OCH3 is 1. The van der Waals surface area contributed by atoms with Crippen molar-refractivity contribution in [3.05, 3.63) is 36.1 Å². The molecule has 0 spiro atoms. The Morgan fingerprint density at radius 3 is 2.70 bits per heavy atom. The average molecular weight is 317 g/mol. The summed E-state index contributed by atoms with van der Waals surface area (Å²) < 4.78 is 10.9. The standard InChI is InChI=1S/C18H23NO4/c1-12(2)4-9-18(21)19-13-5-7-15(17(10-13)22-3)16-8-6-14(11-20)23-16/h5-8,10,12,20H,4,9,11H2,1-3H3,(H,19,21). The van der Waals surface area contributed by atoms with Gasteiger partial charge in [-0.3, -0.25) is 4.79 Å². The number of carbonyl (C=O) groups excluding carboxylic acids is 1. The van der Waals surface area contributed by atoms with Crippen molar-refractivity contribution in [2.75, 3.05) is 12.4 Å². The molecule has 0 fully saturated rings. The van der Waals surface area contributed by atoms with Gasteiger partial charge in [0.1, 0.15) is 23.9 Å². The van der Waals surface area contributed by atoms with Crippen molar-refractivity contribution in [1.82, 2.24) is 0 Å². The van der Waals surface area contributed by atoms with E-state index in [0.717, 1.165) is 12.0 Å². The Morgan fingerprint density at radius 2 is 2.09 bits per heavy atom. The van der Waals surface area contributed by atoms with Gasteiger partial charge in [0.15, 0.2) is 0 Å². The zero-order chi connectivity index (χ0) is 16.8. The van der Waals surface area contributed by atoms with Crippen LogP contribution in [-0.2, 0) is 11.4 Å². The fraction of sp³-hybridized carbons (Fsp3) is 0.389. The molecule has 23 heavy (non-hydrogen) atoms. The van der Waals surface area contributed by atoms with Crippen LogP contribution in [-0.4, -0.2) is 18.1 Å². The summed E-state index contributed by atoms with van der Waals surface area (Å²) in [5.74, 6) is 2.20. The van der Waals surface area contributed by atoms with Crippen LogP contribution >= 0.6 is 0 Å². The van der Waals surface area contributed by atoms with Gasteiger partial charge in [-0.25, -0.2) is 0 Å². The predicted molar refractivity (Wildman–Crippen MR) is 89.3 cm³/mol. The molecule has 0 aliphatic rings. The number of furan rings is 1. The molecule has 2 aromatic rings. The van der Waals surface area contributed by atoms with Crippen molar-refractivity contribution in [2.24, 2.45) is 5.92 Å². The molecule has 5 nitrogen and oxygen atoms in total. The summed E-state index contributed by atoms with van der Waals surface area (Å²) >= 11 is 0. The number of hydrogen-bond donors (Lipinski definition) is 2. The summed E-state index contributed by atoms with van der Waals surface area (Å²) in [4.78, 5) is 11.9. The van der Waals surface area contributed by atoms with E-state index in [1.807, 2.05) is 12.1 Å². The number of anilines is 1. The van der Waals surface area contributed by atoms with Gasteiger partial charge in [-0.2, -0.15) is 0 Å².